The smallest absolute Gasteiger partial charge is 0.226 e. The van der Waals surface area contributed by atoms with E-state index in [0.717, 1.165) is 22.8 Å². The number of methoxy groups -OCH3 is 1. The van der Waals surface area contributed by atoms with Crippen molar-refractivity contribution in [2.75, 3.05) is 12.4 Å². The van der Waals surface area contributed by atoms with Gasteiger partial charge in [0.1, 0.15) is 5.75 Å². The molecule has 5 heteroatoms. The number of carbonyl (C=O) groups excluding carboxylic acids is 1. The highest BCUT2D eigenvalue weighted by atomic mass is 16.5. The Labute approximate surface area is 124 Å². The van der Waals surface area contributed by atoms with Gasteiger partial charge in [0.05, 0.1) is 18.8 Å². The van der Waals surface area contributed by atoms with Gasteiger partial charge in [-0.15, -0.1) is 0 Å². The van der Waals surface area contributed by atoms with Crippen molar-refractivity contribution in [3.05, 3.63) is 41.7 Å². The van der Waals surface area contributed by atoms with Crippen LogP contribution in [0.25, 0.3) is 0 Å². The molecule has 2 aromatic rings. The summed E-state index contributed by atoms with van der Waals surface area (Å²) in [6, 6.07) is 9.35. The van der Waals surface area contributed by atoms with Crippen molar-refractivity contribution in [3.8, 4) is 5.75 Å². The van der Waals surface area contributed by atoms with Crippen molar-refractivity contribution in [2.45, 2.75) is 33.2 Å². The minimum Gasteiger partial charge on any atom is -0.497 e. The summed E-state index contributed by atoms with van der Waals surface area (Å²) in [6.45, 7) is 5.94. The first kappa shape index (κ1) is 15.1. The van der Waals surface area contributed by atoms with E-state index in [2.05, 4.69) is 10.4 Å². The predicted octanol–water partition coefficient (Wildman–Crippen LogP) is 3.10. The third-order valence-corrected chi connectivity index (χ3v) is 3.30. The van der Waals surface area contributed by atoms with Crippen LogP contribution in [0.1, 0.15) is 30.8 Å². The Morgan fingerprint density at radius 3 is 2.76 bits per heavy atom. The van der Waals surface area contributed by atoms with Crippen LogP contribution in [0.5, 0.6) is 5.75 Å². The van der Waals surface area contributed by atoms with Crippen LogP contribution in [0.4, 0.5) is 5.69 Å². The number of ether oxygens (including phenoxy) is 1. The fourth-order valence-corrected chi connectivity index (χ4v) is 2.36. The number of carbonyl (C=O) groups is 1. The molecule has 1 aromatic carbocycles. The molecule has 21 heavy (non-hydrogen) atoms. The zero-order valence-corrected chi connectivity index (χ0v) is 12.9. The molecule has 0 aliphatic heterocycles. The first-order valence-corrected chi connectivity index (χ1v) is 6.96. The Morgan fingerprint density at radius 2 is 2.14 bits per heavy atom. The number of hydrogen-bond donors (Lipinski definition) is 1. The highest BCUT2D eigenvalue weighted by Gasteiger charge is 2.14. The molecular weight excluding hydrogens is 266 g/mol. The van der Waals surface area contributed by atoms with Crippen LogP contribution in [-0.2, 0) is 4.79 Å². The van der Waals surface area contributed by atoms with Crippen LogP contribution >= 0.6 is 0 Å². The molecule has 2 rings (SSSR count). The molecule has 112 valence electrons. The second-order valence-electron chi connectivity index (χ2n) is 5.20. The Morgan fingerprint density at radius 1 is 1.38 bits per heavy atom. The number of hydrogen-bond acceptors (Lipinski definition) is 3. The lowest BCUT2D eigenvalue weighted by Gasteiger charge is -2.14. The van der Waals surface area contributed by atoms with E-state index in [4.69, 9.17) is 4.74 Å². The maximum absolute atomic E-state index is 12.1. The highest BCUT2D eigenvalue weighted by molar-refractivity contribution is 5.91. The first-order chi connectivity index (χ1) is 9.99. The Hall–Kier alpha value is -2.30. The Bertz CT molecular complexity index is 634. The van der Waals surface area contributed by atoms with Gasteiger partial charge >= 0.3 is 0 Å². The fourth-order valence-electron chi connectivity index (χ4n) is 2.36. The molecule has 0 aliphatic rings. The first-order valence-electron chi connectivity index (χ1n) is 6.96. The maximum Gasteiger partial charge on any atom is 0.226 e. The van der Waals surface area contributed by atoms with E-state index in [0.29, 0.717) is 6.42 Å². The molecule has 0 bridgehead atoms. The van der Waals surface area contributed by atoms with E-state index in [9.17, 15) is 4.79 Å². The number of benzene rings is 1. The molecule has 1 unspecified atom stereocenters. The van der Waals surface area contributed by atoms with Crippen LogP contribution in [0.15, 0.2) is 30.3 Å². The summed E-state index contributed by atoms with van der Waals surface area (Å²) in [6.07, 6.45) is 0.374. The standard InChI is InChI=1S/C16H21N3O2/c1-11-8-12(2)19(18-11)13(3)9-16(20)17-14-6-5-7-15(10-14)21-4/h5-8,10,13H,9H2,1-4H3,(H,17,20). The molecule has 0 spiro atoms. The molecule has 5 nitrogen and oxygen atoms in total. The molecule has 0 fully saturated rings. The van der Waals surface area contributed by atoms with Crippen molar-refractivity contribution < 1.29 is 9.53 Å². The summed E-state index contributed by atoms with van der Waals surface area (Å²) >= 11 is 0. The average molecular weight is 287 g/mol. The van der Waals surface area contributed by atoms with Gasteiger partial charge in [-0.3, -0.25) is 9.48 Å². The third-order valence-electron chi connectivity index (χ3n) is 3.30. The van der Waals surface area contributed by atoms with E-state index < -0.39 is 0 Å². The quantitative estimate of drug-likeness (QED) is 0.919. The van der Waals surface area contributed by atoms with Crippen molar-refractivity contribution in [2.24, 2.45) is 0 Å². The number of amides is 1. The van der Waals surface area contributed by atoms with Crippen LogP contribution < -0.4 is 10.1 Å². The summed E-state index contributed by atoms with van der Waals surface area (Å²) in [5, 5.41) is 7.30. The molecule has 1 aromatic heterocycles. The van der Waals surface area contributed by atoms with Crippen molar-refractivity contribution in [1.82, 2.24) is 9.78 Å². The normalized spacial score (nSPS) is 12.0. The molecular formula is C16H21N3O2. The van der Waals surface area contributed by atoms with Crippen LogP contribution in [0.2, 0.25) is 0 Å². The molecule has 1 heterocycles. The topological polar surface area (TPSA) is 56.1 Å². The zero-order chi connectivity index (χ0) is 15.4. The Balaban J connectivity index is 1.99. The number of nitrogens with one attached hydrogen (secondary N) is 1. The van der Waals surface area contributed by atoms with E-state index in [1.54, 1.807) is 13.2 Å². The summed E-state index contributed by atoms with van der Waals surface area (Å²) < 4.78 is 7.03. The van der Waals surface area contributed by atoms with E-state index >= 15 is 0 Å². The third kappa shape index (κ3) is 3.84. The second kappa shape index (κ2) is 6.43. The Kier molecular flexibility index (Phi) is 4.62. The highest BCUT2D eigenvalue weighted by Crippen LogP contribution is 2.19. The molecule has 1 atom stereocenters. The van der Waals surface area contributed by atoms with Crippen molar-refractivity contribution in [1.29, 1.82) is 0 Å². The van der Waals surface area contributed by atoms with Gasteiger partial charge in [-0.05, 0) is 39.0 Å². The SMILES string of the molecule is COc1cccc(NC(=O)CC(C)n2nc(C)cc2C)c1. The van der Waals surface area contributed by atoms with Crippen LogP contribution in [-0.4, -0.2) is 22.8 Å². The molecule has 0 aliphatic carbocycles. The molecule has 1 N–H and O–H groups in total. The zero-order valence-electron chi connectivity index (χ0n) is 12.9. The maximum atomic E-state index is 12.1. The lowest BCUT2D eigenvalue weighted by Crippen LogP contribution is -2.19. The number of aromatic nitrogens is 2. The lowest BCUT2D eigenvalue weighted by molar-refractivity contribution is -0.116. The molecule has 0 radical (unpaired) electrons. The van der Waals surface area contributed by atoms with Crippen molar-refractivity contribution >= 4 is 11.6 Å². The van der Waals surface area contributed by atoms with Gasteiger partial charge in [0, 0.05) is 23.9 Å². The van der Waals surface area contributed by atoms with Crippen LogP contribution in [0, 0.1) is 13.8 Å². The van der Waals surface area contributed by atoms with E-state index in [1.807, 2.05) is 49.7 Å². The molecule has 0 saturated heterocycles. The largest absolute Gasteiger partial charge is 0.497 e. The van der Waals surface area contributed by atoms with Gasteiger partial charge in [0.2, 0.25) is 5.91 Å². The van der Waals surface area contributed by atoms with E-state index in [1.165, 1.54) is 0 Å². The van der Waals surface area contributed by atoms with Gasteiger partial charge < -0.3 is 10.1 Å². The number of anilines is 1. The summed E-state index contributed by atoms with van der Waals surface area (Å²) in [5.41, 5.74) is 2.77. The van der Waals surface area contributed by atoms with Gasteiger partial charge in [0.15, 0.2) is 0 Å². The number of nitrogens with zero attached hydrogens (tertiary/aromatic N) is 2. The molecule has 0 saturated carbocycles. The second-order valence-corrected chi connectivity index (χ2v) is 5.20. The number of aryl methyl sites for hydroxylation is 2. The van der Waals surface area contributed by atoms with Gasteiger partial charge in [-0.2, -0.15) is 5.10 Å². The van der Waals surface area contributed by atoms with E-state index in [-0.39, 0.29) is 11.9 Å². The minimum atomic E-state index is -0.0386. The summed E-state index contributed by atoms with van der Waals surface area (Å²) in [7, 11) is 1.60. The number of rotatable bonds is 5. The molecule has 1 amide bonds. The van der Waals surface area contributed by atoms with Gasteiger partial charge in [-0.25, -0.2) is 0 Å². The monoisotopic (exact) mass is 287 g/mol. The van der Waals surface area contributed by atoms with Gasteiger partial charge in [-0.1, -0.05) is 6.07 Å². The van der Waals surface area contributed by atoms with Crippen molar-refractivity contribution in [3.63, 3.8) is 0 Å². The summed E-state index contributed by atoms with van der Waals surface area (Å²) in [5.74, 6) is 0.683. The van der Waals surface area contributed by atoms with Gasteiger partial charge in [0.25, 0.3) is 0 Å². The average Bonchev–Trinajstić information content (AvgIpc) is 2.77. The lowest BCUT2D eigenvalue weighted by atomic mass is 10.2. The van der Waals surface area contributed by atoms with Crippen LogP contribution in [0.3, 0.4) is 0 Å². The minimum absolute atomic E-state index is 0.0179. The summed E-state index contributed by atoms with van der Waals surface area (Å²) in [4.78, 5) is 12.1. The predicted molar refractivity (Wildman–Crippen MR) is 82.7 cm³/mol. The fraction of sp³-hybridized carbons (Fsp3) is 0.375.